The third-order valence-electron chi connectivity index (χ3n) is 2.81. The van der Waals surface area contributed by atoms with Gasteiger partial charge < -0.3 is 9.52 Å². The molecule has 1 aromatic heterocycles. The van der Waals surface area contributed by atoms with Crippen LogP contribution in [0.5, 0.6) is 5.75 Å². The van der Waals surface area contributed by atoms with Gasteiger partial charge in [0, 0.05) is 17.0 Å². The summed E-state index contributed by atoms with van der Waals surface area (Å²) in [6.45, 7) is 5.42. The summed E-state index contributed by atoms with van der Waals surface area (Å²) in [5.74, 6) is -1.33. The van der Waals surface area contributed by atoms with E-state index in [0.717, 1.165) is 0 Å². The fraction of sp³-hybridized carbons (Fsp3) is 0.308. The van der Waals surface area contributed by atoms with Crippen LogP contribution in [0, 0.1) is 12.7 Å². The Morgan fingerprint density at radius 2 is 2.00 bits per heavy atom. The number of hydrogen-bond donors (Lipinski definition) is 1. The van der Waals surface area contributed by atoms with Crippen molar-refractivity contribution in [1.82, 2.24) is 0 Å². The van der Waals surface area contributed by atoms with Crippen molar-refractivity contribution < 1.29 is 13.9 Å². The van der Waals surface area contributed by atoms with E-state index < -0.39 is 17.2 Å². The van der Waals surface area contributed by atoms with Crippen LogP contribution in [0.1, 0.15) is 30.9 Å². The molecule has 0 spiro atoms. The number of aryl methyl sites for hydroxylation is 1. The van der Waals surface area contributed by atoms with Crippen LogP contribution < -0.4 is 5.63 Å². The normalized spacial score (nSPS) is 11.4. The first-order chi connectivity index (χ1) is 7.91. The van der Waals surface area contributed by atoms with Crippen LogP contribution in [0.25, 0.3) is 11.0 Å². The number of phenolic OH excluding ortho intramolecular Hbond substituents is 1. The zero-order valence-electron chi connectivity index (χ0n) is 9.87. The molecule has 0 aliphatic carbocycles. The van der Waals surface area contributed by atoms with E-state index in [1.165, 1.54) is 6.07 Å². The van der Waals surface area contributed by atoms with Gasteiger partial charge in [0.2, 0.25) is 5.82 Å². The van der Waals surface area contributed by atoms with E-state index in [9.17, 15) is 14.3 Å². The molecule has 17 heavy (non-hydrogen) atoms. The van der Waals surface area contributed by atoms with E-state index >= 15 is 0 Å². The van der Waals surface area contributed by atoms with E-state index in [4.69, 9.17) is 4.42 Å². The molecule has 0 saturated heterocycles. The number of fused-ring (bicyclic) bond motifs is 1. The Kier molecular flexibility index (Phi) is 2.65. The molecule has 0 aliphatic heterocycles. The number of benzene rings is 1. The highest BCUT2D eigenvalue weighted by atomic mass is 19.1. The average molecular weight is 236 g/mol. The number of phenols is 1. The lowest BCUT2D eigenvalue weighted by Gasteiger charge is -2.11. The smallest absolute Gasteiger partial charge is 0.336 e. The van der Waals surface area contributed by atoms with Gasteiger partial charge in [0.1, 0.15) is 0 Å². The van der Waals surface area contributed by atoms with Crippen molar-refractivity contribution in [3.8, 4) is 5.75 Å². The van der Waals surface area contributed by atoms with Crippen molar-refractivity contribution in [2.24, 2.45) is 0 Å². The van der Waals surface area contributed by atoms with Crippen LogP contribution in [0.4, 0.5) is 4.39 Å². The Morgan fingerprint density at radius 1 is 1.35 bits per heavy atom. The summed E-state index contributed by atoms with van der Waals surface area (Å²) in [6, 6.07) is 2.97. The maximum atomic E-state index is 13.9. The van der Waals surface area contributed by atoms with Gasteiger partial charge in [-0.05, 0) is 24.5 Å². The molecule has 2 aromatic rings. The second kappa shape index (κ2) is 3.87. The minimum absolute atomic E-state index is 0.0137. The molecule has 0 radical (unpaired) electrons. The molecule has 0 saturated carbocycles. The Morgan fingerprint density at radius 3 is 2.59 bits per heavy atom. The Balaban J connectivity index is 2.96. The molecule has 1 aromatic carbocycles. The monoisotopic (exact) mass is 236 g/mol. The summed E-state index contributed by atoms with van der Waals surface area (Å²) >= 11 is 0. The summed E-state index contributed by atoms with van der Waals surface area (Å²) in [6.07, 6.45) is 0. The average Bonchev–Trinajstić information content (AvgIpc) is 2.23. The Bertz CT molecular complexity index is 641. The maximum Gasteiger partial charge on any atom is 0.336 e. The highest BCUT2D eigenvalue weighted by Gasteiger charge is 2.18. The molecular formula is C13H13FO3. The highest BCUT2D eigenvalue weighted by Crippen LogP contribution is 2.34. The van der Waals surface area contributed by atoms with Gasteiger partial charge in [-0.3, -0.25) is 0 Å². The molecule has 0 aliphatic rings. The first-order valence-corrected chi connectivity index (χ1v) is 5.37. The first kappa shape index (κ1) is 11.6. The minimum atomic E-state index is -0.869. The molecule has 3 nitrogen and oxygen atoms in total. The van der Waals surface area contributed by atoms with Gasteiger partial charge in [-0.1, -0.05) is 13.8 Å². The molecule has 0 amide bonds. The van der Waals surface area contributed by atoms with Crippen LogP contribution in [-0.4, -0.2) is 5.11 Å². The summed E-state index contributed by atoms with van der Waals surface area (Å²) in [7, 11) is 0. The molecule has 2 rings (SSSR count). The molecular weight excluding hydrogens is 223 g/mol. The molecule has 0 fully saturated rings. The van der Waals surface area contributed by atoms with Crippen molar-refractivity contribution in [2.45, 2.75) is 26.7 Å². The SMILES string of the molecule is Cc1cc(=O)oc2c(F)c(O)c(C(C)C)cc12. The first-order valence-electron chi connectivity index (χ1n) is 5.37. The lowest BCUT2D eigenvalue weighted by Crippen LogP contribution is -2.01. The zero-order chi connectivity index (χ0) is 12.7. The topological polar surface area (TPSA) is 50.4 Å². The third-order valence-corrected chi connectivity index (χ3v) is 2.81. The van der Waals surface area contributed by atoms with Gasteiger partial charge in [0.25, 0.3) is 0 Å². The van der Waals surface area contributed by atoms with Crippen molar-refractivity contribution in [3.05, 3.63) is 39.5 Å². The van der Waals surface area contributed by atoms with Crippen molar-refractivity contribution in [3.63, 3.8) is 0 Å². The van der Waals surface area contributed by atoms with E-state index in [1.54, 1.807) is 13.0 Å². The standard InChI is InChI=1S/C13H13FO3/c1-6(2)8-5-9-7(3)4-10(15)17-13(9)11(14)12(8)16/h4-6,16H,1-3H3. The van der Waals surface area contributed by atoms with E-state index in [2.05, 4.69) is 0 Å². The van der Waals surface area contributed by atoms with Crippen LogP contribution in [0.3, 0.4) is 0 Å². The van der Waals surface area contributed by atoms with Gasteiger partial charge in [0.15, 0.2) is 11.3 Å². The number of halogens is 1. The summed E-state index contributed by atoms with van der Waals surface area (Å²) in [5, 5.41) is 10.2. The van der Waals surface area contributed by atoms with Crippen LogP contribution in [-0.2, 0) is 0 Å². The maximum absolute atomic E-state index is 13.9. The molecule has 0 atom stereocenters. The van der Waals surface area contributed by atoms with E-state index in [-0.39, 0.29) is 11.5 Å². The Labute approximate surface area is 97.5 Å². The molecule has 90 valence electrons. The summed E-state index contributed by atoms with van der Waals surface area (Å²) in [4.78, 5) is 11.2. The molecule has 0 bridgehead atoms. The zero-order valence-corrected chi connectivity index (χ0v) is 9.87. The van der Waals surface area contributed by atoms with Crippen LogP contribution >= 0.6 is 0 Å². The van der Waals surface area contributed by atoms with E-state index in [0.29, 0.717) is 16.5 Å². The predicted molar refractivity (Wildman–Crippen MR) is 62.9 cm³/mol. The van der Waals surface area contributed by atoms with Gasteiger partial charge in [-0.2, -0.15) is 4.39 Å². The fourth-order valence-corrected chi connectivity index (χ4v) is 1.86. The van der Waals surface area contributed by atoms with Crippen LogP contribution in [0.2, 0.25) is 0 Å². The molecule has 4 heteroatoms. The molecule has 1 N–H and O–H groups in total. The van der Waals surface area contributed by atoms with Crippen molar-refractivity contribution in [1.29, 1.82) is 0 Å². The second-order valence-electron chi connectivity index (χ2n) is 4.41. The molecule has 0 unspecified atom stereocenters. The highest BCUT2D eigenvalue weighted by molar-refractivity contribution is 5.83. The van der Waals surface area contributed by atoms with Gasteiger partial charge >= 0.3 is 5.63 Å². The molecule has 1 heterocycles. The summed E-state index contributed by atoms with van der Waals surface area (Å²) < 4.78 is 18.7. The number of rotatable bonds is 1. The minimum Gasteiger partial charge on any atom is -0.505 e. The lowest BCUT2D eigenvalue weighted by atomic mass is 9.98. The quantitative estimate of drug-likeness (QED) is 0.774. The summed E-state index contributed by atoms with van der Waals surface area (Å²) in [5.41, 5.74) is 0.339. The van der Waals surface area contributed by atoms with Crippen molar-refractivity contribution >= 4 is 11.0 Å². The number of aromatic hydroxyl groups is 1. The third kappa shape index (κ3) is 1.79. The largest absolute Gasteiger partial charge is 0.505 e. The number of hydrogen-bond acceptors (Lipinski definition) is 3. The van der Waals surface area contributed by atoms with Crippen molar-refractivity contribution in [2.75, 3.05) is 0 Å². The lowest BCUT2D eigenvalue weighted by molar-refractivity contribution is 0.417. The van der Waals surface area contributed by atoms with Gasteiger partial charge in [-0.15, -0.1) is 0 Å². The Hall–Kier alpha value is -1.84. The second-order valence-corrected chi connectivity index (χ2v) is 4.41. The van der Waals surface area contributed by atoms with Crippen LogP contribution in [0.15, 0.2) is 21.3 Å². The van der Waals surface area contributed by atoms with E-state index in [1.807, 2.05) is 13.8 Å². The van der Waals surface area contributed by atoms with Gasteiger partial charge in [0.05, 0.1) is 0 Å². The van der Waals surface area contributed by atoms with Gasteiger partial charge in [-0.25, -0.2) is 4.79 Å². The fourth-order valence-electron chi connectivity index (χ4n) is 1.86. The predicted octanol–water partition coefficient (Wildman–Crippen LogP) is 3.07.